The average Bonchev–Trinajstić information content (AvgIpc) is 3.58. The molecule has 3 saturated carbocycles. The molecule has 0 aliphatic heterocycles. The highest BCUT2D eigenvalue weighted by Gasteiger charge is 2.51. The Bertz CT molecular complexity index is 1540. The van der Waals surface area contributed by atoms with E-state index in [0.29, 0.717) is 17.8 Å². The van der Waals surface area contributed by atoms with E-state index < -0.39 is 16.6 Å². The van der Waals surface area contributed by atoms with Crippen LogP contribution in [0.4, 0.5) is 0 Å². The van der Waals surface area contributed by atoms with E-state index in [0.717, 1.165) is 51.4 Å². The van der Waals surface area contributed by atoms with Crippen LogP contribution < -0.4 is 0 Å². The molecule has 4 nitrogen and oxygen atoms in total. The molecule has 0 bridgehead atoms. The molecule has 3 fully saturated rings. The molecule has 294 valence electrons. The number of carbonyl (C=O) groups is 1. The molecule has 0 aromatic heterocycles. The molecule has 3 aliphatic rings. The second-order valence-corrected chi connectivity index (χ2v) is 29.8. The molecule has 0 amide bonds. The van der Waals surface area contributed by atoms with Gasteiger partial charge in [0.1, 0.15) is 12.2 Å². The minimum atomic E-state index is -2.08. The third-order valence-corrected chi connectivity index (χ3v) is 22.8. The van der Waals surface area contributed by atoms with Crippen LogP contribution in [0.3, 0.4) is 0 Å². The number of carbonyl (C=O) groups excluding carboxylic acids is 1. The van der Waals surface area contributed by atoms with E-state index in [2.05, 4.69) is 149 Å². The summed E-state index contributed by atoms with van der Waals surface area (Å²) in [5.41, 5.74) is 2.47. The predicted molar refractivity (Wildman–Crippen MR) is 227 cm³/mol. The Kier molecular flexibility index (Phi) is 14.3. The van der Waals surface area contributed by atoms with Gasteiger partial charge in [-0.15, -0.1) is 11.8 Å². The lowest BCUT2D eigenvalue weighted by atomic mass is 9.66. The molecule has 1 aromatic rings. The highest BCUT2D eigenvalue weighted by Crippen LogP contribution is 2.53. The summed E-state index contributed by atoms with van der Waals surface area (Å²) in [6.45, 7) is 32.2. The molecule has 4 rings (SSSR count). The smallest absolute Gasteiger partial charge is 0.330 e. The van der Waals surface area contributed by atoms with Crippen LogP contribution >= 0.6 is 0 Å². The van der Waals surface area contributed by atoms with Crippen LogP contribution in [0.15, 0.2) is 42.0 Å². The van der Waals surface area contributed by atoms with Crippen molar-refractivity contribution in [1.82, 2.24) is 0 Å². The van der Waals surface area contributed by atoms with Gasteiger partial charge in [0.25, 0.3) is 0 Å². The van der Waals surface area contributed by atoms with E-state index in [9.17, 15) is 4.79 Å². The van der Waals surface area contributed by atoms with Crippen molar-refractivity contribution in [3.63, 3.8) is 0 Å². The van der Waals surface area contributed by atoms with Gasteiger partial charge < -0.3 is 13.6 Å². The Labute approximate surface area is 327 Å². The van der Waals surface area contributed by atoms with Gasteiger partial charge in [0.15, 0.2) is 16.6 Å². The number of rotatable bonds is 10. The second-order valence-electron chi connectivity index (χ2n) is 20.2. The standard InChI is InChI=1S/C47H74O4Si2/c1-15-16-18-23-34(2)41(50-52(11,12)45(3,4)5)29-28-38-39-31-35(30-36(39)33-43(38)51-53(13,14)46(6,7)8)32-44(48)49-42-27-22-21-26-40(42)47(9,10)37-24-19-17-20-25-37/h17,19-20,24-25,32,34,36,38-43H,15,21-23,26-27,30-31,33H2,1-14H3/b35-32+/t34-,36-,38+,39-,40-,41+,42-,43+/m0/s1. The number of hydrogen-bond acceptors (Lipinski definition) is 4. The van der Waals surface area contributed by atoms with E-state index in [1.165, 1.54) is 17.6 Å². The van der Waals surface area contributed by atoms with Crippen LogP contribution in [-0.4, -0.2) is 40.9 Å². The third kappa shape index (κ3) is 10.8. The molecule has 1 aromatic carbocycles. The zero-order valence-electron chi connectivity index (χ0n) is 36.1. The fourth-order valence-corrected chi connectivity index (χ4v) is 11.0. The van der Waals surface area contributed by atoms with Gasteiger partial charge in [0.2, 0.25) is 0 Å². The molecule has 0 radical (unpaired) electrons. The second kappa shape index (κ2) is 17.4. The van der Waals surface area contributed by atoms with Gasteiger partial charge in [-0.2, -0.15) is 0 Å². The van der Waals surface area contributed by atoms with Crippen LogP contribution in [0.2, 0.25) is 36.3 Å². The first kappa shape index (κ1) is 43.6. The zero-order chi connectivity index (χ0) is 39.4. The minimum absolute atomic E-state index is 0.0629. The van der Waals surface area contributed by atoms with Gasteiger partial charge in [0, 0.05) is 36.7 Å². The molecular weight excluding hydrogens is 685 g/mol. The Morgan fingerprint density at radius 1 is 0.887 bits per heavy atom. The lowest BCUT2D eigenvalue weighted by Gasteiger charge is -2.42. The topological polar surface area (TPSA) is 44.8 Å². The Balaban J connectivity index is 1.59. The van der Waals surface area contributed by atoms with E-state index in [-0.39, 0.29) is 51.6 Å². The van der Waals surface area contributed by atoms with Crippen molar-refractivity contribution in [2.75, 3.05) is 0 Å². The van der Waals surface area contributed by atoms with Gasteiger partial charge in [-0.3, -0.25) is 0 Å². The normalized spacial score (nSPS) is 27.2. The molecule has 6 heteroatoms. The van der Waals surface area contributed by atoms with Gasteiger partial charge in [-0.25, -0.2) is 4.79 Å². The average molecular weight is 759 g/mol. The predicted octanol–water partition coefficient (Wildman–Crippen LogP) is 12.3. The summed E-state index contributed by atoms with van der Waals surface area (Å²) in [6.07, 6.45) is 10.5. The van der Waals surface area contributed by atoms with Crippen molar-refractivity contribution in [3.05, 3.63) is 47.5 Å². The first-order valence-electron chi connectivity index (χ1n) is 20.9. The number of benzene rings is 1. The number of hydrogen-bond donors (Lipinski definition) is 0. The summed E-state index contributed by atoms with van der Waals surface area (Å²) >= 11 is 0. The molecule has 8 atom stereocenters. The molecule has 3 aliphatic carbocycles. The van der Waals surface area contributed by atoms with Crippen LogP contribution in [0, 0.1) is 53.3 Å². The minimum Gasteiger partial charge on any atom is -0.459 e. The quantitative estimate of drug-likeness (QED) is 0.103. The summed E-state index contributed by atoms with van der Waals surface area (Å²) < 4.78 is 20.6. The van der Waals surface area contributed by atoms with Gasteiger partial charge >= 0.3 is 5.97 Å². The first-order chi connectivity index (χ1) is 24.6. The number of ether oxygens (including phenoxy) is 1. The van der Waals surface area contributed by atoms with Crippen molar-refractivity contribution in [3.8, 4) is 23.7 Å². The Morgan fingerprint density at radius 2 is 1.53 bits per heavy atom. The highest BCUT2D eigenvalue weighted by atomic mass is 28.4. The van der Waals surface area contributed by atoms with Gasteiger partial charge in [-0.05, 0) is 97.6 Å². The van der Waals surface area contributed by atoms with Crippen molar-refractivity contribution >= 4 is 22.6 Å². The maximum absolute atomic E-state index is 13.7. The summed E-state index contributed by atoms with van der Waals surface area (Å²) in [6, 6.07) is 10.7. The first-order valence-corrected chi connectivity index (χ1v) is 26.7. The van der Waals surface area contributed by atoms with Crippen LogP contribution in [0.1, 0.15) is 133 Å². The van der Waals surface area contributed by atoms with Crippen molar-refractivity contribution in [2.45, 2.75) is 187 Å². The lowest BCUT2D eigenvalue weighted by Crippen LogP contribution is -2.45. The van der Waals surface area contributed by atoms with E-state index in [1.54, 1.807) is 0 Å². The Hall–Kier alpha value is -2.10. The summed E-state index contributed by atoms with van der Waals surface area (Å²) in [7, 11) is -4.12. The molecule has 53 heavy (non-hydrogen) atoms. The van der Waals surface area contributed by atoms with E-state index in [4.69, 9.17) is 13.6 Å². The third-order valence-electron chi connectivity index (χ3n) is 13.9. The fourth-order valence-electron chi connectivity index (χ4n) is 8.36. The van der Waals surface area contributed by atoms with Crippen molar-refractivity contribution in [1.29, 1.82) is 0 Å². The number of allylic oxidation sites excluding steroid dienone is 1. The monoisotopic (exact) mass is 759 g/mol. The summed E-state index contributed by atoms with van der Waals surface area (Å²) in [4.78, 5) is 13.7. The van der Waals surface area contributed by atoms with Crippen LogP contribution in [-0.2, 0) is 23.8 Å². The van der Waals surface area contributed by atoms with Crippen LogP contribution in [0.25, 0.3) is 0 Å². The maximum Gasteiger partial charge on any atom is 0.330 e. The summed E-state index contributed by atoms with van der Waals surface area (Å²) in [5, 5.41) is 0.201. The van der Waals surface area contributed by atoms with Crippen LogP contribution in [0.5, 0.6) is 0 Å². The van der Waals surface area contributed by atoms with Gasteiger partial charge in [0.05, 0.1) is 6.10 Å². The number of esters is 1. The van der Waals surface area contributed by atoms with Crippen molar-refractivity contribution < 1.29 is 18.4 Å². The molecule has 0 N–H and O–H groups in total. The van der Waals surface area contributed by atoms with E-state index in [1.807, 2.05) is 6.08 Å². The molecular formula is C47H74O4Si2. The zero-order valence-corrected chi connectivity index (χ0v) is 38.1. The van der Waals surface area contributed by atoms with E-state index >= 15 is 0 Å². The largest absolute Gasteiger partial charge is 0.459 e. The van der Waals surface area contributed by atoms with Gasteiger partial charge in [-0.1, -0.05) is 123 Å². The number of fused-ring (bicyclic) bond motifs is 1. The highest BCUT2D eigenvalue weighted by molar-refractivity contribution is 6.74. The summed E-state index contributed by atoms with van der Waals surface area (Å²) in [5.74, 6) is 15.5. The Morgan fingerprint density at radius 3 is 2.15 bits per heavy atom. The SMILES string of the molecule is CCC#CC[C@H](C)[C@@H](C#C[C@@H]1[C@H]2C/C(=C/C(=O)O[C@H]3CCCC[C@@H]3C(C)(C)c3ccccc3)C[C@H]2C[C@H]1O[Si](C)(C)C(C)(C)C)O[Si](C)(C)C(C)(C)C. The maximum atomic E-state index is 13.7. The fraction of sp³-hybridized carbons (Fsp3) is 0.723. The lowest BCUT2D eigenvalue weighted by molar-refractivity contribution is -0.149. The van der Waals surface area contributed by atoms with Crippen molar-refractivity contribution in [2.24, 2.45) is 29.6 Å². The molecule has 0 heterocycles. The molecule has 0 spiro atoms. The molecule has 0 unspecified atom stereocenters. The molecule has 0 saturated heterocycles.